The van der Waals surface area contributed by atoms with Crippen LogP contribution in [0.4, 0.5) is 0 Å². The molecule has 0 aromatic heterocycles. The highest BCUT2D eigenvalue weighted by Crippen LogP contribution is 2.04. The topological polar surface area (TPSA) is 74.6 Å². The summed E-state index contributed by atoms with van der Waals surface area (Å²) in [7, 11) is -4.18. The monoisotopic (exact) mass is 166 g/mol. The molecule has 0 rings (SSSR count). The van der Waals surface area contributed by atoms with Crippen molar-refractivity contribution in [2.45, 2.75) is 18.3 Å². The molecule has 4 nitrogen and oxygen atoms in total. The fraction of sp³-hybridized carbons (Fsp3) is 0.600. The predicted octanol–water partition coefficient (Wildman–Crippen LogP) is -0.190. The Morgan fingerprint density at radius 2 is 2.00 bits per heavy atom. The molecule has 10 heavy (non-hydrogen) atoms. The van der Waals surface area contributed by atoms with Crippen LogP contribution >= 0.6 is 0 Å². The van der Waals surface area contributed by atoms with Gasteiger partial charge in [0.25, 0.3) is 10.1 Å². The van der Waals surface area contributed by atoms with E-state index in [1.165, 1.54) is 6.92 Å². The van der Waals surface area contributed by atoms with E-state index in [0.29, 0.717) is 0 Å². The molecule has 0 aliphatic carbocycles. The molecule has 0 heterocycles. The maximum Gasteiger partial charge on any atom is 0.273 e. The van der Waals surface area contributed by atoms with E-state index in [0.717, 1.165) is 6.08 Å². The molecule has 0 aromatic rings. The van der Waals surface area contributed by atoms with Gasteiger partial charge in [0, 0.05) is 0 Å². The van der Waals surface area contributed by atoms with Crippen LogP contribution in [0.2, 0.25) is 0 Å². The van der Waals surface area contributed by atoms with Crippen molar-refractivity contribution in [3.05, 3.63) is 12.7 Å². The first-order valence-electron chi connectivity index (χ1n) is 2.66. The highest BCUT2D eigenvalue weighted by Gasteiger charge is 2.23. The van der Waals surface area contributed by atoms with Gasteiger partial charge in [0.15, 0.2) is 0 Å². The molecule has 2 N–H and O–H groups in total. The Morgan fingerprint density at radius 1 is 1.60 bits per heavy atom. The minimum atomic E-state index is -4.18. The van der Waals surface area contributed by atoms with Gasteiger partial charge in [0.05, 0.1) is 6.10 Å². The summed E-state index contributed by atoms with van der Waals surface area (Å²) in [6, 6.07) is 0. The lowest BCUT2D eigenvalue weighted by molar-refractivity contribution is 0.197. The van der Waals surface area contributed by atoms with Crippen LogP contribution in [0.1, 0.15) is 6.92 Å². The third-order valence-corrected chi connectivity index (χ3v) is 2.33. The van der Waals surface area contributed by atoms with Crippen molar-refractivity contribution in [2.75, 3.05) is 0 Å². The second-order valence-electron chi connectivity index (χ2n) is 1.96. The van der Waals surface area contributed by atoms with Crippen LogP contribution in [-0.2, 0) is 10.1 Å². The Hall–Kier alpha value is -0.390. The molecule has 0 aliphatic heterocycles. The van der Waals surface area contributed by atoms with Gasteiger partial charge < -0.3 is 5.11 Å². The maximum atomic E-state index is 10.3. The van der Waals surface area contributed by atoms with E-state index in [1.54, 1.807) is 0 Å². The quantitative estimate of drug-likeness (QED) is 0.450. The summed E-state index contributed by atoms with van der Waals surface area (Å²) in [4.78, 5) is 0. The van der Waals surface area contributed by atoms with Gasteiger partial charge in [-0.1, -0.05) is 6.08 Å². The molecule has 0 spiro atoms. The lowest BCUT2D eigenvalue weighted by Crippen LogP contribution is -2.29. The zero-order valence-electron chi connectivity index (χ0n) is 5.56. The van der Waals surface area contributed by atoms with Crippen LogP contribution in [0.25, 0.3) is 0 Å². The van der Waals surface area contributed by atoms with Gasteiger partial charge in [0.2, 0.25) is 0 Å². The molecular weight excluding hydrogens is 156 g/mol. The first kappa shape index (κ1) is 9.61. The smallest absolute Gasteiger partial charge is 0.273 e. The number of hydrogen-bond acceptors (Lipinski definition) is 3. The molecule has 0 saturated heterocycles. The number of aliphatic hydroxyl groups is 1. The predicted molar refractivity (Wildman–Crippen MR) is 37.2 cm³/mol. The van der Waals surface area contributed by atoms with E-state index in [2.05, 4.69) is 6.58 Å². The van der Waals surface area contributed by atoms with Crippen molar-refractivity contribution in [3.63, 3.8) is 0 Å². The average molecular weight is 166 g/mol. The fourth-order valence-corrected chi connectivity index (χ4v) is 1.31. The van der Waals surface area contributed by atoms with Gasteiger partial charge in [-0.25, -0.2) is 0 Å². The van der Waals surface area contributed by atoms with Crippen molar-refractivity contribution >= 4 is 10.1 Å². The number of rotatable bonds is 3. The highest BCUT2D eigenvalue weighted by atomic mass is 32.2. The highest BCUT2D eigenvalue weighted by molar-refractivity contribution is 7.86. The van der Waals surface area contributed by atoms with Gasteiger partial charge >= 0.3 is 0 Å². The number of aliphatic hydroxyl groups excluding tert-OH is 1. The van der Waals surface area contributed by atoms with Crippen LogP contribution in [0, 0.1) is 0 Å². The van der Waals surface area contributed by atoms with Crippen molar-refractivity contribution in [1.82, 2.24) is 0 Å². The molecule has 0 bridgehead atoms. The second kappa shape index (κ2) is 3.14. The van der Waals surface area contributed by atoms with Crippen LogP contribution in [-0.4, -0.2) is 29.4 Å². The maximum absolute atomic E-state index is 10.3. The molecular formula is C5H10O4S. The molecule has 0 aromatic carbocycles. The minimum absolute atomic E-state index is 0.986. The summed E-state index contributed by atoms with van der Waals surface area (Å²) < 4.78 is 29.0. The van der Waals surface area contributed by atoms with Gasteiger partial charge in [0.1, 0.15) is 5.25 Å². The van der Waals surface area contributed by atoms with Gasteiger partial charge in [-0.05, 0) is 6.92 Å². The van der Waals surface area contributed by atoms with E-state index in [-0.39, 0.29) is 0 Å². The first-order chi connectivity index (χ1) is 4.39. The zero-order valence-corrected chi connectivity index (χ0v) is 6.37. The van der Waals surface area contributed by atoms with Crippen LogP contribution in [0.5, 0.6) is 0 Å². The molecule has 2 unspecified atom stereocenters. The first-order valence-corrected chi connectivity index (χ1v) is 4.17. The van der Waals surface area contributed by atoms with E-state index in [9.17, 15) is 8.42 Å². The summed E-state index contributed by atoms with van der Waals surface area (Å²) in [6.45, 7) is 4.41. The Bertz CT molecular complexity index is 204. The van der Waals surface area contributed by atoms with Gasteiger partial charge in [-0.2, -0.15) is 8.42 Å². The van der Waals surface area contributed by atoms with Crippen LogP contribution < -0.4 is 0 Å². The SMILES string of the molecule is C=CC(C(C)O)S(=O)(=O)O. The zero-order chi connectivity index (χ0) is 8.36. The third-order valence-electron chi connectivity index (χ3n) is 1.05. The Kier molecular flexibility index (Phi) is 3.01. The van der Waals surface area contributed by atoms with Crippen LogP contribution in [0.3, 0.4) is 0 Å². The van der Waals surface area contributed by atoms with Crippen molar-refractivity contribution in [1.29, 1.82) is 0 Å². The third kappa shape index (κ3) is 2.47. The van der Waals surface area contributed by atoms with Gasteiger partial charge in [-0.3, -0.25) is 4.55 Å². The summed E-state index contributed by atoms with van der Waals surface area (Å²) in [6.07, 6.45) is -0.146. The van der Waals surface area contributed by atoms with E-state index < -0.39 is 21.5 Å². The summed E-state index contributed by atoms with van der Waals surface area (Å²) >= 11 is 0. The number of hydrogen-bond donors (Lipinski definition) is 2. The van der Waals surface area contributed by atoms with Gasteiger partial charge in [-0.15, -0.1) is 6.58 Å². The van der Waals surface area contributed by atoms with Crippen molar-refractivity contribution in [3.8, 4) is 0 Å². The second-order valence-corrected chi connectivity index (χ2v) is 3.53. The molecule has 60 valence electrons. The molecule has 0 radical (unpaired) electrons. The van der Waals surface area contributed by atoms with E-state index >= 15 is 0 Å². The lowest BCUT2D eigenvalue weighted by atomic mass is 10.3. The van der Waals surface area contributed by atoms with E-state index in [4.69, 9.17) is 9.66 Å². The average Bonchev–Trinajstić information content (AvgIpc) is 1.60. The van der Waals surface area contributed by atoms with Crippen molar-refractivity contribution in [2.24, 2.45) is 0 Å². The fourth-order valence-electron chi connectivity index (χ4n) is 0.567. The molecule has 0 saturated carbocycles. The summed E-state index contributed by atoms with van der Waals surface area (Å²) in [5.74, 6) is 0. The van der Waals surface area contributed by atoms with E-state index in [1.807, 2.05) is 0 Å². The Labute approximate surface area is 59.9 Å². The Balaban J connectivity index is 4.54. The standard InChI is InChI=1S/C5H10O4S/c1-3-5(4(2)6)10(7,8)9/h3-6H,1H2,2H3,(H,7,8,9). The molecule has 0 aliphatic rings. The molecule has 2 atom stereocenters. The molecule has 0 fully saturated rings. The normalized spacial score (nSPS) is 17.9. The van der Waals surface area contributed by atoms with Crippen molar-refractivity contribution < 1.29 is 18.1 Å². The molecule has 5 heteroatoms. The largest absolute Gasteiger partial charge is 0.392 e. The summed E-state index contributed by atoms with van der Waals surface area (Å²) in [5.41, 5.74) is 0. The Morgan fingerprint density at radius 3 is 2.00 bits per heavy atom. The summed E-state index contributed by atoms with van der Waals surface area (Å²) in [5, 5.41) is 7.45. The lowest BCUT2D eigenvalue weighted by Gasteiger charge is -2.10. The minimum Gasteiger partial charge on any atom is -0.392 e. The van der Waals surface area contributed by atoms with Crippen LogP contribution in [0.15, 0.2) is 12.7 Å². The molecule has 0 amide bonds.